The van der Waals surface area contributed by atoms with Crippen LogP contribution in [0, 0.1) is 10.1 Å². The van der Waals surface area contributed by atoms with Gasteiger partial charge in [-0.15, -0.1) is 0 Å². The highest BCUT2D eigenvalue weighted by Gasteiger charge is 2.15. The van der Waals surface area contributed by atoms with Crippen LogP contribution in [0.5, 0.6) is 0 Å². The molecule has 3 aromatic rings. The third kappa shape index (κ3) is 2.03. The van der Waals surface area contributed by atoms with E-state index in [-0.39, 0.29) is 10.6 Å². The van der Waals surface area contributed by atoms with Crippen LogP contribution in [-0.2, 0) is 13.0 Å². The highest BCUT2D eigenvalue weighted by atomic mass is 16.6. The molecule has 0 aliphatic heterocycles. The standard InChI is InChI=1S/C13H12N4O3/c1-2-12-14-13(20-15-12)8-16-7-6-9-10(16)4-3-5-11(9)17(18)19/h3-7H,2,8H2,1H3. The van der Waals surface area contributed by atoms with E-state index in [9.17, 15) is 10.1 Å². The van der Waals surface area contributed by atoms with Gasteiger partial charge in [-0.25, -0.2) is 0 Å². The summed E-state index contributed by atoms with van der Waals surface area (Å²) in [6, 6.07) is 6.72. The Morgan fingerprint density at radius 1 is 1.40 bits per heavy atom. The first-order valence-corrected chi connectivity index (χ1v) is 6.22. The van der Waals surface area contributed by atoms with Gasteiger partial charge in [0.1, 0.15) is 6.54 Å². The van der Waals surface area contributed by atoms with Crippen LogP contribution in [0.2, 0.25) is 0 Å². The van der Waals surface area contributed by atoms with E-state index in [0.717, 1.165) is 5.52 Å². The highest BCUT2D eigenvalue weighted by Crippen LogP contribution is 2.26. The first-order chi connectivity index (χ1) is 9.69. The Balaban J connectivity index is 2.00. The first kappa shape index (κ1) is 12.3. The second-order valence-corrected chi connectivity index (χ2v) is 4.37. The summed E-state index contributed by atoms with van der Waals surface area (Å²) >= 11 is 0. The average Bonchev–Trinajstić information content (AvgIpc) is 3.06. The summed E-state index contributed by atoms with van der Waals surface area (Å²) < 4.78 is 7.00. The lowest BCUT2D eigenvalue weighted by molar-refractivity contribution is -0.383. The number of hydrogen-bond acceptors (Lipinski definition) is 5. The van der Waals surface area contributed by atoms with Gasteiger partial charge in [0.05, 0.1) is 15.8 Å². The molecule has 0 saturated heterocycles. The molecule has 0 amide bonds. The predicted molar refractivity (Wildman–Crippen MR) is 71.4 cm³/mol. The molecule has 20 heavy (non-hydrogen) atoms. The minimum Gasteiger partial charge on any atom is -0.338 e. The Hall–Kier alpha value is -2.70. The van der Waals surface area contributed by atoms with E-state index < -0.39 is 0 Å². The summed E-state index contributed by atoms with van der Waals surface area (Å²) in [4.78, 5) is 14.8. The van der Waals surface area contributed by atoms with E-state index in [4.69, 9.17) is 4.52 Å². The molecular formula is C13H12N4O3. The number of fused-ring (bicyclic) bond motifs is 1. The topological polar surface area (TPSA) is 87.0 Å². The Morgan fingerprint density at radius 2 is 2.25 bits per heavy atom. The molecule has 7 nitrogen and oxygen atoms in total. The molecule has 0 saturated carbocycles. The molecular weight excluding hydrogens is 260 g/mol. The number of benzene rings is 1. The lowest BCUT2D eigenvalue weighted by Gasteiger charge is -2.01. The molecule has 3 rings (SSSR count). The van der Waals surface area contributed by atoms with Gasteiger partial charge in [-0.2, -0.15) is 4.98 Å². The third-order valence-corrected chi connectivity index (χ3v) is 3.12. The number of non-ortho nitro benzene ring substituents is 1. The zero-order chi connectivity index (χ0) is 14.1. The lowest BCUT2D eigenvalue weighted by atomic mass is 10.2. The van der Waals surface area contributed by atoms with Crippen LogP contribution < -0.4 is 0 Å². The van der Waals surface area contributed by atoms with Crippen molar-refractivity contribution in [3.8, 4) is 0 Å². The Labute approximate surface area is 114 Å². The smallest absolute Gasteiger partial charge is 0.278 e. The molecule has 1 aromatic carbocycles. The first-order valence-electron chi connectivity index (χ1n) is 6.22. The van der Waals surface area contributed by atoms with Crippen LogP contribution >= 0.6 is 0 Å². The summed E-state index contributed by atoms with van der Waals surface area (Å²) in [5.74, 6) is 1.15. The van der Waals surface area contributed by atoms with Crippen molar-refractivity contribution >= 4 is 16.6 Å². The van der Waals surface area contributed by atoms with Gasteiger partial charge < -0.3 is 9.09 Å². The Morgan fingerprint density at radius 3 is 2.95 bits per heavy atom. The normalized spacial score (nSPS) is 11.1. The summed E-state index contributed by atoms with van der Waals surface area (Å²) in [5, 5.41) is 15.4. The molecule has 7 heteroatoms. The minimum atomic E-state index is -0.380. The summed E-state index contributed by atoms with van der Waals surface area (Å²) in [6.07, 6.45) is 2.49. The maximum absolute atomic E-state index is 11.0. The lowest BCUT2D eigenvalue weighted by Crippen LogP contribution is -1.98. The van der Waals surface area contributed by atoms with Crippen molar-refractivity contribution < 1.29 is 9.45 Å². The minimum absolute atomic E-state index is 0.0982. The van der Waals surface area contributed by atoms with E-state index in [2.05, 4.69) is 10.1 Å². The molecule has 0 radical (unpaired) electrons. The van der Waals surface area contributed by atoms with Gasteiger partial charge in [0.25, 0.3) is 5.69 Å². The second kappa shape index (κ2) is 4.76. The number of nitro groups is 1. The van der Waals surface area contributed by atoms with Gasteiger partial charge in [0.15, 0.2) is 5.82 Å². The molecule has 0 aliphatic carbocycles. The SMILES string of the molecule is CCc1noc(Cn2ccc3c([N+](=O)[O-])cccc32)n1. The van der Waals surface area contributed by atoms with E-state index in [1.165, 1.54) is 6.07 Å². The van der Waals surface area contributed by atoms with E-state index >= 15 is 0 Å². The van der Waals surface area contributed by atoms with E-state index in [0.29, 0.717) is 30.1 Å². The van der Waals surface area contributed by atoms with Crippen molar-refractivity contribution in [2.75, 3.05) is 0 Å². The fourth-order valence-electron chi connectivity index (χ4n) is 2.15. The van der Waals surface area contributed by atoms with Gasteiger partial charge in [-0.05, 0) is 12.1 Å². The third-order valence-electron chi connectivity index (χ3n) is 3.12. The molecule has 102 valence electrons. The van der Waals surface area contributed by atoms with Gasteiger partial charge in [-0.1, -0.05) is 18.1 Å². The van der Waals surface area contributed by atoms with E-state index in [1.807, 2.05) is 17.6 Å². The van der Waals surface area contributed by atoms with Crippen molar-refractivity contribution in [2.45, 2.75) is 19.9 Å². The Bertz CT molecular complexity index is 775. The van der Waals surface area contributed by atoms with Crippen molar-refractivity contribution in [3.05, 3.63) is 52.3 Å². The molecule has 0 aliphatic rings. The fourth-order valence-corrected chi connectivity index (χ4v) is 2.15. The molecule has 0 spiro atoms. The van der Waals surface area contributed by atoms with Crippen molar-refractivity contribution in [1.82, 2.24) is 14.7 Å². The number of nitro benzene ring substituents is 1. The summed E-state index contributed by atoms with van der Waals surface area (Å²) in [6.45, 7) is 2.35. The highest BCUT2D eigenvalue weighted by molar-refractivity contribution is 5.89. The molecule has 2 aromatic heterocycles. The largest absolute Gasteiger partial charge is 0.338 e. The van der Waals surface area contributed by atoms with Gasteiger partial charge in [0, 0.05) is 18.7 Å². The van der Waals surface area contributed by atoms with E-state index in [1.54, 1.807) is 18.3 Å². The monoisotopic (exact) mass is 272 g/mol. The second-order valence-electron chi connectivity index (χ2n) is 4.37. The fraction of sp³-hybridized carbons (Fsp3) is 0.231. The number of hydrogen-bond donors (Lipinski definition) is 0. The number of aryl methyl sites for hydroxylation is 1. The maximum Gasteiger partial charge on any atom is 0.278 e. The quantitative estimate of drug-likeness (QED) is 0.538. The zero-order valence-electron chi connectivity index (χ0n) is 10.8. The van der Waals surface area contributed by atoms with Crippen LogP contribution in [0.15, 0.2) is 35.0 Å². The molecule has 0 atom stereocenters. The van der Waals surface area contributed by atoms with Gasteiger partial charge >= 0.3 is 0 Å². The average molecular weight is 272 g/mol. The molecule has 2 heterocycles. The molecule has 0 unspecified atom stereocenters. The summed E-state index contributed by atoms with van der Waals surface area (Å²) in [7, 11) is 0. The number of rotatable bonds is 4. The van der Waals surface area contributed by atoms with Crippen LogP contribution in [-0.4, -0.2) is 19.6 Å². The Kier molecular flexibility index (Phi) is 2.94. The molecule has 0 N–H and O–H groups in total. The zero-order valence-corrected chi connectivity index (χ0v) is 10.8. The van der Waals surface area contributed by atoms with Crippen molar-refractivity contribution in [3.63, 3.8) is 0 Å². The van der Waals surface area contributed by atoms with Crippen LogP contribution in [0.4, 0.5) is 5.69 Å². The predicted octanol–water partition coefficient (Wildman–Crippen LogP) is 2.54. The van der Waals surface area contributed by atoms with Crippen molar-refractivity contribution in [2.24, 2.45) is 0 Å². The van der Waals surface area contributed by atoms with Gasteiger partial charge in [-0.3, -0.25) is 10.1 Å². The number of nitrogens with zero attached hydrogens (tertiary/aromatic N) is 4. The maximum atomic E-state index is 11.0. The summed E-state index contributed by atoms with van der Waals surface area (Å²) in [5.41, 5.74) is 0.872. The van der Waals surface area contributed by atoms with Crippen LogP contribution in [0.25, 0.3) is 10.9 Å². The molecule has 0 bridgehead atoms. The van der Waals surface area contributed by atoms with Crippen LogP contribution in [0.3, 0.4) is 0 Å². The molecule has 0 fully saturated rings. The van der Waals surface area contributed by atoms with Crippen molar-refractivity contribution in [1.29, 1.82) is 0 Å². The number of aromatic nitrogens is 3. The van der Waals surface area contributed by atoms with Gasteiger partial charge in [0.2, 0.25) is 5.89 Å². The van der Waals surface area contributed by atoms with Crippen LogP contribution in [0.1, 0.15) is 18.6 Å².